The Kier molecular flexibility index (Phi) is 3.87. The fraction of sp³-hybridized carbons (Fsp3) is 0.500. The minimum atomic E-state index is -0.125. The molecule has 0 aliphatic heterocycles. The molecule has 0 radical (unpaired) electrons. The first-order valence-corrected chi connectivity index (χ1v) is 6.47. The van der Waals surface area contributed by atoms with Gasteiger partial charge in [-0.15, -0.1) is 0 Å². The Bertz CT molecular complexity index is 408. The van der Waals surface area contributed by atoms with Gasteiger partial charge in [-0.3, -0.25) is 0 Å². The smallest absolute Gasteiger partial charge is 0.319 e. The highest BCUT2D eigenvalue weighted by Crippen LogP contribution is 2.26. The lowest BCUT2D eigenvalue weighted by atomic mass is 9.82. The molecule has 4 N–H and O–H groups in total. The maximum Gasteiger partial charge on any atom is 0.319 e. The van der Waals surface area contributed by atoms with Gasteiger partial charge in [0.15, 0.2) is 0 Å². The van der Waals surface area contributed by atoms with Gasteiger partial charge in [0.2, 0.25) is 0 Å². The van der Waals surface area contributed by atoms with Gasteiger partial charge in [-0.05, 0) is 43.4 Å². The number of rotatable bonds is 3. The molecule has 0 spiro atoms. The summed E-state index contributed by atoms with van der Waals surface area (Å²) in [6, 6.07) is 7.86. The van der Waals surface area contributed by atoms with E-state index >= 15 is 0 Å². The van der Waals surface area contributed by atoms with E-state index < -0.39 is 0 Å². The highest BCUT2D eigenvalue weighted by Gasteiger charge is 2.26. The van der Waals surface area contributed by atoms with Crippen molar-refractivity contribution in [1.82, 2.24) is 5.32 Å². The number of urea groups is 1. The van der Waals surface area contributed by atoms with E-state index in [1.807, 2.05) is 31.2 Å². The second kappa shape index (κ2) is 5.40. The van der Waals surface area contributed by atoms with Crippen molar-refractivity contribution >= 4 is 11.7 Å². The normalized spacial score (nSPS) is 23.9. The van der Waals surface area contributed by atoms with Gasteiger partial charge < -0.3 is 16.4 Å². The highest BCUT2D eigenvalue weighted by molar-refractivity contribution is 5.89. The first-order valence-electron chi connectivity index (χ1n) is 6.47. The molecule has 1 saturated carbocycles. The Morgan fingerprint density at radius 2 is 1.94 bits per heavy atom. The van der Waals surface area contributed by atoms with Crippen LogP contribution in [0.1, 0.15) is 38.3 Å². The topological polar surface area (TPSA) is 67.2 Å². The minimum Gasteiger partial charge on any atom is -0.335 e. The molecular formula is C14H21N3O. The van der Waals surface area contributed by atoms with E-state index in [0.717, 1.165) is 30.0 Å². The average Bonchev–Trinajstić information content (AvgIpc) is 2.27. The van der Waals surface area contributed by atoms with Gasteiger partial charge >= 0.3 is 6.03 Å². The monoisotopic (exact) mass is 247 g/mol. The van der Waals surface area contributed by atoms with Gasteiger partial charge in [0.25, 0.3) is 0 Å². The first-order chi connectivity index (χ1) is 8.54. The summed E-state index contributed by atoms with van der Waals surface area (Å²) in [5, 5.41) is 5.79. The second-order valence-corrected chi connectivity index (χ2v) is 5.28. The molecule has 1 aromatic carbocycles. The van der Waals surface area contributed by atoms with Gasteiger partial charge in [0.05, 0.1) is 0 Å². The van der Waals surface area contributed by atoms with E-state index in [4.69, 9.17) is 5.73 Å². The summed E-state index contributed by atoms with van der Waals surface area (Å²) in [7, 11) is 0. The zero-order chi connectivity index (χ0) is 13.1. The van der Waals surface area contributed by atoms with E-state index in [1.165, 1.54) is 0 Å². The maximum atomic E-state index is 11.7. The molecule has 1 unspecified atom stereocenters. The first kappa shape index (κ1) is 12.9. The summed E-state index contributed by atoms with van der Waals surface area (Å²) in [6.45, 7) is 4.13. The van der Waals surface area contributed by atoms with Crippen LogP contribution in [0.25, 0.3) is 0 Å². The van der Waals surface area contributed by atoms with Crippen molar-refractivity contribution in [1.29, 1.82) is 0 Å². The fourth-order valence-electron chi connectivity index (χ4n) is 2.24. The number of hydrogen-bond acceptors (Lipinski definition) is 2. The van der Waals surface area contributed by atoms with Crippen LogP contribution in [0.15, 0.2) is 24.3 Å². The van der Waals surface area contributed by atoms with E-state index in [1.54, 1.807) is 0 Å². The number of carbonyl (C=O) groups is 1. The number of amides is 2. The van der Waals surface area contributed by atoms with E-state index in [9.17, 15) is 4.79 Å². The predicted molar refractivity (Wildman–Crippen MR) is 73.4 cm³/mol. The van der Waals surface area contributed by atoms with Crippen LogP contribution in [0.3, 0.4) is 0 Å². The number of nitrogens with one attached hydrogen (secondary N) is 2. The van der Waals surface area contributed by atoms with Gasteiger partial charge in [0, 0.05) is 17.8 Å². The summed E-state index contributed by atoms with van der Waals surface area (Å²) in [4.78, 5) is 11.7. The van der Waals surface area contributed by atoms with Gasteiger partial charge in [-0.25, -0.2) is 4.79 Å². The van der Waals surface area contributed by atoms with Crippen molar-refractivity contribution in [3.8, 4) is 0 Å². The van der Waals surface area contributed by atoms with Crippen LogP contribution < -0.4 is 16.4 Å². The molecule has 0 saturated heterocycles. The summed E-state index contributed by atoms with van der Waals surface area (Å²) in [5.41, 5.74) is 7.63. The maximum absolute atomic E-state index is 11.7. The Balaban J connectivity index is 1.83. The van der Waals surface area contributed by atoms with Crippen molar-refractivity contribution in [2.24, 2.45) is 11.7 Å². The van der Waals surface area contributed by atoms with Crippen LogP contribution in [-0.2, 0) is 0 Å². The molecule has 1 aliphatic carbocycles. The number of hydrogen-bond donors (Lipinski definition) is 3. The van der Waals surface area contributed by atoms with Crippen LogP contribution in [0, 0.1) is 5.92 Å². The molecule has 0 aromatic heterocycles. The number of nitrogens with two attached hydrogens (primary N) is 1. The van der Waals surface area contributed by atoms with Crippen LogP contribution >= 0.6 is 0 Å². The largest absolute Gasteiger partial charge is 0.335 e. The van der Waals surface area contributed by atoms with Gasteiger partial charge in [-0.2, -0.15) is 0 Å². The van der Waals surface area contributed by atoms with Crippen LogP contribution in [0.2, 0.25) is 0 Å². The lowest BCUT2D eigenvalue weighted by Gasteiger charge is -2.33. The van der Waals surface area contributed by atoms with E-state index in [2.05, 4.69) is 17.6 Å². The summed E-state index contributed by atoms with van der Waals surface area (Å²) in [5.74, 6) is 0.737. The highest BCUT2D eigenvalue weighted by atomic mass is 16.2. The molecular weight excluding hydrogens is 226 g/mol. The third kappa shape index (κ3) is 3.23. The molecule has 1 aliphatic rings. The molecule has 4 heteroatoms. The summed E-state index contributed by atoms with van der Waals surface area (Å²) in [6.07, 6.45) is 2.16. The lowest BCUT2D eigenvalue weighted by molar-refractivity contribution is 0.219. The van der Waals surface area contributed by atoms with Crippen LogP contribution in [0.4, 0.5) is 10.5 Å². The van der Waals surface area contributed by atoms with Crippen LogP contribution in [-0.4, -0.2) is 12.1 Å². The van der Waals surface area contributed by atoms with Gasteiger partial charge in [0.1, 0.15) is 0 Å². The molecule has 0 heterocycles. The number of anilines is 1. The average molecular weight is 247 g/mol. The van der Waals surface area contributed by atoms with Crippen LogP contribution in [0.5, 0.6) is 0 Å². The molecule has 1 aromatic rings. The zero-order valence-electron chi connectivity index (χ0n) is 10.9. The van der Waals surface area contributed by atoms with Gasteiger partial charge in [-0.1, -0.05) is 19.1 Å². The van der Waals surface area contributed by atoms with E-state index in [-0.39, 0.29) is 12.1 Å². The minimum absolute atomic E-state index is 0.0179. The zero-order valence-corrected chi connectivity index (χ0v) is 10.9. The molecule has 18 heavy (non-hydrogen) atoms. The molecule has 2 rings (SSSR count). The molecule has 1 fully saturated rings. The molecule has 98 valence electrons. The van der Waals surface area contributed by atoms with Crippen molar-refractivity contribution in [2.45, 2.75) is 38.8 Å². The number of carbonyl (C=O) groups excluding carboxylic acids is 1. The Labute approximate surface area is 108 Å². The van der Waals surface area contributed by atoms with Crippen molar-refractivity contribution in [3.63, 3.8) is 0 Å². The predicted octanol–water partition coefficient (Wildman–Crippen LogP) is 2.63. The quantitative estimate of drug-likeness (QED) is 0.768. The molecule has 2 amide bonds. The molecule has 4 nitrogen and oxygen atoms in total. The summed E-state index contributed by atoms with van der Waals surface area (Å²) >= 11 is 0. The van der Waals surface area contributed by atoms with Crippen molar-refractivity contribution in [2.75, 3.05) is 5.32 Å². The standard InChI is InChI=1S/C14H21N3O/c1-9-7-13(8-9)17-14(18)16-12-5-3-11(4-6-12)10(2)15/h3-6,9-10,13H,7-8,15H2,1-2H3,(H2,16,17,18). The Morgan fingerprint density at radius 3 is 2.44 bits per heavy atom. The van der Waals surface area contributed by atoms with Crippen molar-refractivity contribution in [3.05, 3.63) is 29.8 Å². The lowest BCUT2D eigenvalue weighted by Crippen LogP contribution is -2.45. The third-order valence-electron chi connectivity index (χ3n) is 3.40. The SMILES string of the molecule is CC1CC(NC(=O)Nc2ccc(C(C)N)cc2)C1. The molecule has 0 bridgehead atoms. The Hall–Kier alpha value is -1.55. The molecule has 1 atom stereocenters. The third-order valence-corrected chi connectivity index (χ3v) is 3.40. The summed E-state index contributed by atoms with van der Waals surface area (Å²) < 4.78 is 0. The van der Waals surface area contributed by atoms with E-state index in [0.29, 0.717) is 6.04 Å². The Morgan fingerprint density at radius 1 is 1.33 bits per heavy atom. The second-order valence-electron chi connectivity index (χ2n) is 5.28. The number of benzene rings is 1. The van der Waals surface area contributed by atoms with Crippen molar-refractivity contribution < 1.29 is 4.79 Å². The fourth-order valence-corrected chi connectivity index (χ4v) is 2.24.